The van der Waals surface area contributed by atoms with Crippen molar-refractivity contribution in [1.29, 1.82) is 0 Å². The van der Waals surface area contributed by atoms with Gasteiger partial charge in [-0.2, -0.15) is 5.10 Å². The van der Waals surface area contributed by atoms with Crippen LogP contribution in [0.2, 0.25) is 0 Å². The molecule has 1 unspecified atom stereocenters. The minimum Gasteiger partial charge on any atom is -0.507 e. The van der Waals surface area contributed by atoms with Crippen LogP contribution < -0.4 is 4.74 Å². The minimum atomic E-state index is -0.697. The van der Waals surface area contributed by atoms with Crippen LogP contribution in [0.3, 0.4) is 0 Å². The molecule has 0 saturated carbocycles. The molecule has 2 fully saturated rings. The van der Waals surface area contributed by atoms with Crippen molar-refractivity contribution < 1.29 is 19.4 Å². The fourth-order valence-electron chi connectivity index (χ4n) is 4.99. The molecule has 1 atom stereocenters. The number of hydrogen-bond donors (Lipinski definition) is 1. The third kappa shape index (κ3) is 4.46. The number of amides is 1. The summed E-state index contributed by atoms with van der Waals surface area (Å²) in [5.41, 5.74) is 2.68. The number of hydrogen-bond acceptors (Lipinski definition) is 6. The van der Waals surface area contributed by atoms with Gasteiger partial charge < -0.3 is 19.6 Å². The summed E-state index contributed by atoms with van der Waals surface area (Å²) in [5.74, 6) is -0.765. The van der Waals surface area contributed by atoms with Crippen LogP contribution in [0.4, 0.5) is 0 Å². The molecule has 8 heteroatoms. The van der Waals surface area contributed by atoms with Crippen molar-refractivity contribution in [1.82, 2.24) is 19.6 Å². The molecule has 1 aromatic carbocycles. The second-order valence-electron chi connectivity index (χ2n) is 9.45. The minimum absolute atomic E-state index is 0.0162. The second kappa shape index (κ2) is 9.62. The molecule has 2 saturated heterocycles. The van der Waals surface area contributed by atoms with Gasteiger partial charge in [-0.05, 0) is 71.3 Å². The number of Topliss-reactive ketones (excluding diaryl/α,β-unsaturated/α-hetero) is 1. The summed E-state index contributed by atoms with van der Waals surface area (Å²) in [6.45, 7) is 10.6. The number of ether oxygens (including phenoxy) is 1. The van der Waals surface area contributed by atoms with Crippen LogP contribution in [0.1, 0.15) is 55.2 Å². The van der Waals surface area contributed by atoms with Crippen molar-refractivity contribution >= 4 is 17.4 Å². The molecular formula is C26H34N4O4. The van der Waals surface area contributed by atoms with E-state index in [1.807, 2.05) is 45.0 Å². The Morgan fingerprint density at radius 1 is 1.18 bits per heavy atom. The van der Waals surface area contributed by atoms with Gasteiger partial charge >= 0.3 is 0 Å². The van der Waals surface area contributed by atoms with Crippen molar-refractivity contribution in [3.63, 3.8) is 0 Å². The van der Waals surface area contributed by atoms with Crippen LogP contribution >= 0.6 is 0 Å². The number of carbonyl (C=O) groups is 2. The van der Waals surface area contributed by atoms with Crippen molar-refractivity contribution in [2.75, 3.05) is 26.2 Å². The predicted molar refractivity (Wildman–Crippen MR) is 130 cm³/mol. The van der Waals surface area contributed by atoms with Crippen molar-refractivity contribution in [3.8, 4) is 5.75 Å². The van der Waals surface area contributed by atoms with E-state index in [-0.39, 0.29) is 17.4 Å². The highest BCUT2D eigenvalue weighted by atomic mass is 16.5. The Kier molecular flexibility index (Phi) is 6.79. The predicted octanol–water partition coefficient (Wildman–Crippen LogP) is 3.34. The third-order valence-electron chi connectivity index (χ3n) is 6.69. The van der Waals surface area contributed by atoms with Gasteiger partial charge in [-0.15, -0.1) is 0 Å². The Hall–Kier alpha value is -3.13. The largest absolute Gasteiger partial charge is 0.507 e. The maximum absolute atomic E-state index is 13.3. The van der Waals surface area contributed by atoms with Crippen LogP contribution in [0.5, 0.6) is 5.75 Å². The molecule has 4 rings (SSSR count). The number of benzene rings is 1. The zero-order valence-electron chi connectivity index (χ0n) is 20.7. The summed E-state index contributed by atoms with van der Waals surface area (Å²) in [7, 11) is 1.79. The smallest absolute Gasteiger partial charge is 0.295 e. The van der Waals surface area contributed by atoms with E-state index in [4.69, 9.17) is 4.74 Å². The van der Waals surface area contributed by atoms with Crippen LogP contribution in [-0.4, -0.2) is 68.7 Å². The van der Waals surface area contributed by atoms with E-state index >= 15 is 0 Å². The molecule has 1 aromatic heterocycles. The average Bonchev–Trinajstić information content (AvgIpc) is 3.45. The van der Waals surface area contributed by atoms with E-state index in [2.05, 4.69) is 10.00 Å². The maximum atomic E-state index is 13.3. The lowest BCUT2D eigenvalue weighted by atomic mass is 9.94. The van der Waals surface area contributed by atoms with Crippen molar-refractivity contribution in [2.24, 2.45) is 7.05 Å². The molecule has 0 bridgehead atoms. The summed E-state index contributed by atoms with van der Waals surface area (Å²) < 4.78 is 7.54. The van der Waals surface area contributed by atoms with E-state index < -0.39 is 17.7 Å². The highest BCUT2D eigenvalue weighted by Gasteiger charge is 2.46. The molecule has 8 nitrogen and oxygen atoms in total. The lowest BCUT2D eigenvalue weighted by molar-refractivity contribution is -0.140. The summed E-state index contributed by atoms with van der Waals surface area (Å²) >= 11 is 0. The molecule has 2 aliphatic heterocycles. The number of nitrogens with zero attached hydrogens (tertiary/aromatic N) is 4. The molecule has 0 radical (unpaired) electrons. The van der Waals surface area contributed by atoms with Gasteiger partial charge in [0, 0.05) is 25.8 Å². The Bertz CT molecular complexity index is 1130. The Morgan fingerprint density at radius 3 is 2.50 bits per heavy atom. The Labute approximate surface area is 200 Å². The van der Waals surface area contributed by atoms with E-state index in [0.29, 0.717) is 30.1 Å². The van der Waals surface area contributed by atoms with Crippen molar-refractivity contribution in [3.05, 3.63) is 52.4 Å². The van der Waals surface area contributed by atoms with Crippen molar-refractivity contribution in [2.45, 2.75) is 52.7 Å². The third-order valence-corrected chi connectivity index (χ3v) is 6.69. The second-order valence-corrected chi connectivity index (χ2v) is 9.45. The first-order chi connectivity index (χ1) is 16.2. The normalized spacial score (nSPS) is 20.6. The molecule has 1 amide bonds. The lowest BCUT2D eigenvalue weighted by Crippen LogP contribution is -2.37. The summed E-state index contributed by atoms with van der Waals surface area (Å²) in [4.78, 5) is 30.5. The number of likely N-dealkylation sites (tertiary alicyclic amines) is 2. The fourth-order valence-corrected chi connectivity index (χ4v) is 4.99. The Balaban J connectivity index is 1.81. The summed E-state index contributed by atoms with van der Waals surface area (Å²) in [6.07, 6.45) is 2.28. The molecular weight excluding hydrogens is 432 g/mol. The molecule has 182 valence electrons. The maximum Gasteiger partial charge on any atom is 0.295 e. The zero-order valence-corrected chi connectivity index (χ0v) is 20.7. The number of rotatable bonds is 7. The Morgan fingerprint density at radius 2 is 1.88 bits per heavy atom. The highest BCUT2D eigenvalue weighted by molar-refractivity contribution is 6.46. The lowest BCUT2D eigenvalue weighted by Gasteiger charge is -2.27. The van der Waals surface area contributed by atoms with Gasteiger partial charge in [0.25, 0.3) is 11.7 Å². The van der Waals surface area contributed by atoms with E-state index in [1.165, 1.54) is 0 Å². The number of aromatic nitrogens is 2. The molecule has 3 heterocycles. The number of aryl methyl sites for hydroxylation is 2. The standard InChI is InChI=1S/C26H34N4O4/c1-16(2)34-20-10-8-9-19(15-20)23-22(24(31)21-17(3)27-28(5)18(21)4)25(32)26(33)30(23)14-13-29-11-6-7-12-29/h8-10,15-16,23,31H,6-7,11-14H2,1-5H3/b24-22+. The first-order valence-electron chi connectivity index (χ1n) is 12.0. The topological polar surface area (TPSA) is 87.9 Å². The monoisotopic (exact) mass is 466 g/mol. The van der Waals surface area contributed by atoms with Crippen LogP contribution in [-0.2, 0) is 16.6 Å². The van der Waals surface area contributed by atoms with E-state index in [9.17, 15) is 14.7 Å². The molecule has 1 N–H and O–H groups in total. The SMILES string of the molecule is Cc1nn(C)c(C)c1/C(O)=C1\C(=O)C(=O)N(CCN2CCCC2)C1c1cccc(OC(C)C)c1. The van der Waals surface area contributed by atoms with Gasteiger partial charge in [0.2, 0.25) is 0 Å². The van der Waals surface area contributed by atoms with Gasteiger partial charge in [-0.25, -0.2) is 0 Å². The molecule has 34 heavy (non-hydrogen) atoms. The summed E-state index contributed by atoms with van der Waals surface area (Å²) in [5, 5.41) is 15.8. The van der Waals surface area contributed by atoms with Gasteiger partial charge in [0.05, 0.1) is 29.0 Å². The van der Waals surface area contributed by atoms with Crippen LogP contribution in [0, 0.1) is 13.8 Å². The van der Waals surface area contributed by atoms with Gasteiger partial charge in [0.15, 0.2) is 0 Å². The first-order valence-corrected chi connectivity index (χ1v) is 12.0. The number of ketones is 1. The fraction of sp³-hybridized carbons (Fsp3) is 0.500. The average molecular weight is 467 g/mol. The van der Waals surface area contributed by atoms with E-state index in [1.54, 1.807) is 23.6 Å². The molecule has 2 aliphatic rings. The van der Waals surface area contributed by atoms with Gasteiger partial charge in [-0.1, -0.05) is 12.1 Å². The first kappa shape index (κ1) is 24.0. The number of aliphatic hydroxyl groups is 1. The number of aliphatic hydroxyl groups excluding tert-OH is 1. The van der Waals surface area contributed by atoms with Gasteiger partial charge in [-0.3, -0.25) is 14.3 Å². The highest BCUT2D eigenvalue weighted by Crippen LogP contribution is 2.41. The molecule has 0 spiro atoms. The van der Waals surface area contributed by atoms with E-state index in [0.717, 1.165) is 37.2 Å². The van der Waals surface area contributed by atoms with Crippen LogP contribution in [0.25, 0.3) is 5.76 Å². The molecule has 0 aliphatic carbocycles. The molecule has 2 aromatic rings. The zero-order chi connectivity index (χ0) is 24.6. The summed E-state index contributed by atoms with van der Waals surface area (Å²) in [6, 6.07) is 6.75. The van der Waals surface area contributed by atoms with Crippen LogP contribution in [0.15, 0.2) is 29.8 Å². The quantitative estimate of drug-likeness (QED) is 0.383. The van der Waals surface area contributed by atoms with Gasteiger partial charge in [0.1, 0.15) is 11.5 Å². The number of carbonyl (C=O) groups excluding carboxylic acids is 2.